The zero-order valence-corrected chi connectivity index (χ0v) is 14.2. The fraction of sp³-hybridized carbons (Fsp3) is 0.474. The number of carbonyl (C=O) groups excluding carboxylic acids is 1. The average molecular weight is 327 g/mol. The molecule has 0 saturated carbocycles. The van der Waals surface area contributed by atoms with Crippen LogP contribution >= 0.6 is 0 Å². The maximum Gasteiger partial charge on any atom is 0.273 e. The largest absolute Gasteiger partial charge is 0.448 e. The number of amides is 1. The summed E-state index contributed by atoms with van der Waals surface area (Å²) >= 11 is 0. The molecular formula is C19H25N3O2. The van der Waals surface area contributed by atoms with E-state index in [0.717, 1.165) is 38.9 Å². The van der Waals surface area contributed by atoms with Crippen molar-refractivity contribution >= 4 is 5.91 Å². The highest BCUT2D eigenvalue weighted by Gasteiger charge is 2.23. The number of likely N-dealkylation sites (tertiary alicyclic amines) is 1. The molecule has 2 heterocycles. The summed E-state index contributed by atoms with van der Waals surface area (Å²) in [4.78, 5) is 18.9. The van der Waals surface area contributed by atoms with Crippen molar-refractivity contribution in [1.29, 1.82) is 0 Å². The molecule has 1 aromatic carbocycles. The van der Waals surface area contributed by atoms with Crippen molar-refractivity contribution in [3.8, 4) is 0 Å². The van der Waals surface area contributed by atoms with Crippen molar-refractivity contribution in [3.05, 3.63) is 53.7 Å². The van der Waals surface area contributed by atoms with Gasteiger partial charge in [-0.05, 0) is 31.4 Å². The third kappa shape index (κ3) is 4.23. The predicted molar refractivity (Wildman–Crippen MR) is 93.0 cm³/mol. The van der Waals surface area contributed by atoms with Crippen LogP contribution in [0.15, 0.2) is 41.1 Å². The maximum absolute atomic E-state index is 12.4. The number of rotatable bonds is 6. The lowest BCUT2D eigenvalue weighted by molar-refractivity contribution is 0.0898. The number of hydrogen-bond acceptors (Lipinski definition) is 4. The van der Waals surface area contributed by atoms with Crippen LogP contribution in [0.4, 0.5) is 0 Å². The predicted octanol–water partition coefficient (Wildman–Crippen LogP) is 2.67. The first kappa shape index (κ1) is 16.7. The molecule has 1 amide bonds. The molecule has 1 fully saturated rings. The molecule has 0 radical (unpaired) electrons. The lowest BCUT2D eigenvalue weighted by atomic mass is 10.0. The van der Waals surface area contributed by atoms with Crippen LogP contribution in [0, 0.1) is 0 Å². The third-order valence-corrected chi connectivity index (χ3v) is 4.58. The van der Waals surface area contributed by atoms with Crippen LogP contribution in [0.3, 0.4) is 0 Å². The first-order valence-electron chi connectivity index (χ1n) is 8.75. The number of oxazole rings is 1. The first-order chi connectivity index (χ1) is 11.8. The SMILES string of the molecule is CCc1ocnc1C(=O)N[C@H]1CCCN(CCc2ccccc2)C1. The first-order valence-corrected chi connectivity index (χ1v) is 8.75. The maximum atomic E-state index is 12.4. The van der Waals surface area contributed by atoms with Gasteiger partial charge in [0.25, 0.3) is 5.91 Å². The minimum atomic E-state index is -0.115. The number of benzene rings is 1. The minimum absolute atomic E-state index is 0.115. The number of piperidine rings is 1. The van der Waals surface area contributed by atoms with E-state index in [2.05, 4.69) is 39.5 Å². The van der Waals surface area contributed by atoms with Gasteiger partial charge >= 0.3 is 0 Å². The molecule has 5 heteroatoms. The van der Waals surface area contributed by atoms with Crippen LogP contribution < -0.4 is 5.32 Å². The van der Waals surface area contributed by atoms with Crippen LogP contribution in [0.5, 0.6) is 0 Å². The summed E-state index contributed by atoms with van der Waals surface area (Å²) in [5.74, 6) is 0.541. The Morgan fingerprint density at radius 2 is 2.21 bits per heavy atom. The summed E-state index contributed by atoms with van der Waals surface area (Å²) < 4.78 is 5.25. The molecule has 2 aromatic rings. The molecule has 1 atom stereocenters. The van der Waals surface area contributed by atoms with Gasteiger partial charge in [0.2, 0.25) is 0 Å². The van der Waals surface area contributed by atoms with E-state index in [9.17, 15) is 4.79 Å². The van der Waals surface area contributed by atoms with E-state index in [1.807, 2.05) is 13.0 Å². The fourth-order valence-electron chi connectivity index (χ4n) is 3.27. The lowest BCUT2D eigenvalue weighted by Crippen LogP contribution is -2.48. The Labute approximate surface area is 143 Å². The summed E-state index contributed by atoms with van der Waals surface area (Å²) in [6.07, 6.45) is 5.20. The average Bonchev–Trinajstić information content (AvgIpc) is 3.10. The van der Waals surface area contributed by atoms with Crippen LogP contribution in [0.2, 0.25) is 0 Å². The Morgan fingerprint density at radius 3 is 3.00 bits per heavy atom. The van der Waals surface area contributed by atoms with Crippen molar-refractivity contribution in [2.75, 3.05) is 19.6 Å². The molecule has 128 valence electrons. The summed E-state index contributed by atoms with van der Waals surface area (Å²) in [5, 5.41) is 3.12. The summed E-state index contributed by atoms with van der Waals surface area (Å²) in [6, 6.07) is 10.7. The van der Waals surface area contributed by atoms with E-state index < -0.39 is 0 Å². The van der Waals surface area contributed by atoms with Gasteiger partial charge in [0.1, 0.15) is 5.76 Å². The molecule has 1 N–H and O–H groups in total. The quantitative estimate of drug-likeness (QED) is 0.886. The highest BCUT2D eigenvalue weighted by Crippen LogP contribution is 2.13. The van der Waals surface area contributed by atoms with Crippen molar-refractivity contribution in [1.82, 2.24) is 15.2 Å². The van der Waals surface area contributed by atoms with Crippen LogP contribution in [0.25, 0.3) is 0 Å². The van der Waals surface area contributed by atoms with Crippen molar-refractivity contribution in [3.63, 3.8) is 0 Å². The van der Waals surface area contributed by atoms with Crippen molar-refractivity contribution in [2.45, 2.75) is 38.6 Å². The van der Waals surface area contributed by atoms with Crippen LogP contribution in [0.1, 0.15) is 41.6 Å². The molecule has 0 spiro atoms. The van der Waals surface area contributed by atoms with Gasteiger partial charge in [-0.1, -0.05) is 37.3 Å². The third-order valence-electron chi connectivity index (χ3n) is 4.58. The molecule has 3 rings (SSSR count). The highest BCUT2D eigenvalue weighted by atomic mass is 16.3. The molecule has 1 saturated heterocycles. The lowest BCUT2D eigenvalue weighted by Gasteiger charge is -2.33. The Balaban J connectivity index is 1.51. The number of carbonyl (C=O) groups is 1. The Kier molecular flexibility index (Phi) is 5.64. The Hall–Kier alpha value is -2.14. The van der Waals surface area contributed by atoms with Gasteiger partial charge in [0.05, 0.1) is 0 Å². The zero-order chi connectivity index (χ0) is 16.8. The molecule has 1 aromatic heterocycles. The standard InChI is InChI=1S/C19H25N3O2/c1-2-17-18(20-14-24-17)19(23)21-16-9-6-11-22(13-16)12-10-15-7-4-3-5-8-15/h3-5,7-8,14,16H,2,6,9-13H2,1H3,(H,21,23)/t16-/m0/s1. The van der Waals surface area contributed by atoms with E-state index in [1.165, 1.54) is 12.0 Å². The summed E-state index contributed by atoms with van der Waals surface area (Å²) in [6.45, 7) is 4.99. The molecule has 0 aliphatic carbocycles. The van der Waals surface area contributed by atoms with Crippen LogP contribution in [-0.2, 0) is 12.8 Å². The second kappa shape index (κ2) is 8.11. The van der Waals surface area contributed by atoms with Crippen LogP contribution in [-0.4, -0.2) is 41.5 Å². The molecule has 1 aliphatic heterocycles. The normalized spacial score (nSPS) is 18.5. The number of nitrogens with zero attached hydrogens (tertiary/aromatic N) is 2. The minimum Gasteiger partial charge on any atom is -0.448 e. The molecular weight excluding hydrogens is 302 g/mol. The van der Waals surface area contributed by atoms with Gasteiger partial charge in [-0.3, -0.25) is 4.79 Å². The van der Waals surface area contributed by atoms with Gasteiger partial charge in [-0.15, -0.1) is 0 Å². The zero-order valence-electron chi connectivity index (χ0n) is 14.2. The Morgan fingerprint density at radius 1 is 1.38 bits per heavy atom. The summed E-state index contributed by atoms with van der Waals surface area (Å²) in [5.41, 5.74) is 1.79. The number of aryl methyl sites for hydroxylation is 1. The number of hydrogen-bond donors (Lipinski definition) is 1. The Bertz CT molecular complexity index is 654. The van der Waals surface area contributed by atoms with E-state index >= 15 is 0 Å². The van der Waals surface area contributed by atoms with Gasteiger partial charge in [-0.25, -0.2) is 4.98 Å². The van der Waals surface area contributed by atoms with Crippen molar-refractivity contribution < 1.29 is 9.21 Å². The van der Waals surface area contributed by atoms with Gasteiger partial charge in [-0.2, -0.15) is 0 Å². The van der Waals surface area contributed by atoms with E-state index in [-0.39, 0.29) is 11.9 Å². The second-order valence-corrected chi connectivity index (χ2v) is 6.33. The molecule has 5 nitrogen and oxygen atoms in total. The van der Waals surface area contributed by atoms with Gasteiger partial charge in [0.15, 0.2) is 12.1 Å². The van der Waals surface area contributed by atoms with Crippen molar-refractivity contribution in [2.24, 2.45) is 0 Å². The molecule has 24 heavy (non-hydrogen) atoms. The van der Waals surface area contributed by atoms with E-state index in [0.29, 0.717) is 17.9 Å². The second-order valence-electron chi connectivity index (χ2n) is 6.33. The number of aromatic nitrogens is 1. The molecule has 1 aliphatic rings. The van der Waals surface area contributed by atoms with Gasteiger partial charge in [0, 0.05) is 25.6 Å². The highest BCUT2D eigenvalue weighted by molar-refractivity contribution is 5.93. The molecule has 0 unspecified atom stereocenters. The van der Waals surface area contributed by atoms with E-state index in [4.69, 9.17) is 4.42 Å². The fourth-order valence-corrected chi connectivity index (χ4v) is 3.27. The van der Waals surface area contributed by atoms with Gasteiger partial charge < -0.3 is 14.6 Å². The smallest absolute Gasteiger partial charge is 0.273 e. The summed E-state index contributed by atoms with van der Waals surface area (Å²) in [7, 11) is 0. The monoisotopic (exact) mass is 327 g/mol. The molecule has 0 bridgehead atoms. The number of nitrogens with one attached hydrogen (secondary N) is 1. The van der Waals surface area contributed by atoms with E-state index in [1.54, 1.807) is 0 Å². The topological polar surface area (TPSA) is 58.4 Å².